The number of para-hydroxylation sites is 1. The van der Waals surface area contributed by atoms with Gasteiger partial charge in [-0.05, 0) is 30.3 Å². The highest BCUT2D eigenvalue weighted by molar-refractivity contribution is 7.84. The number of anilines is 1. The molecule has 1 aromatic heterocycles. The van der Waals surface area contributed by atoms with Crippen LogP contribution in [0.2, 0.25) is 0 Å². The fourth-order valence-electron chi connectivity index (χ4n) is 2.39. The molecule has 5 nitrogen and oxygen atoms in total. The predicted octanol–water partition coefficient (Wildman–Crippen LogP) is 3.53. The summed E-state index contributed by atoms with van der Waals surface area (Å²) in [6.07, 6.45) is 2.22. The summed E-state index contributed by atoms with van der Waals surface area (Å²) in [5.74, 6) is 0.833. The molecule has 2 amide bonds. The van der Waals surface area contributed by atoms with Crippen LogP contribution in [0.3, 0.4) is 0 Å². The van der Waals surface area contributed by atoms with Gasteiger partial charge in [0.05, 0.1) is 0 Å². The maximum Gasteiger partial charge on any atom is 0.319 e. The molecule has 6 heteroatoms. The monoisotopic (exact) mass is 342 g/mol. The third-order valence-corrected chi connectivity index (χ3v) is 4.48. The normalized spacial score (nSPS) is 12.0. The van der Waals surface area contributed by atoms with Crippen molar-refractivity contribution in [1.29, 1.82) is 0 Å². The maximum atomic E-state index is 11.9. The summed E-state index contributed by atoms with van der Waals surface area (Å²) in [6.45, 7) is 0.463. The van der Waals surface area contributed by atoms with Crippen molar-refractivity contribution >= 4 is 33.5 Å². The van der Waals surface area contributed by atoms with Gasteiger partial charge in [-0.3, -0.25) is 4.21 Å². The first-order valence-electron chi connectivity index (χ1n) is 7.57. The number of fused-ring (bicyclic) bond motifs is 1. The number of urea groups is 1. The second-order valence-electron chi connectivity index (χ2n) is 5.36. The van der Waals surface area contributed by atoms with E-state index in [2.05, 4.69) is 10.6 Å². The van der Waals surface area contributed by atoms with Crippen LogP contribution in [0.5, 0.6) is 0 Å². The third-order valence-electron chi connectivity index (χ3n) is 3.56. The molecule has 0 saturated heterocycles. The number of amides is 2. The highest BCUT2D eigenvalue weighted by Gasteiger charge is 2.06. The average Bonchev–Trinajstić information content (AvgIpc) is 2.97. The lowest BCUT2D eigenvalue weighted by atomic mass is 10.2. The van der Waals surface area contributed by atoms with Gasteiger partial charge in [-0.25, -0.2) is 4.79 Å². The van der Waals surface area contributed by atoms with E-state index in [0.29, 0.717) is 23.5 Å². The van der Waals surface area contributed by atoms with Crippen molar-refractivity contribution in [3.63, 3.8) is 0 Å². The second kappa shape index (κ2) is 7.31. The van der Waals surface area contributed by atoms with E-state index >= 15 is 0 Å². The summed E-state index contributed by atoms with van der Waals surface area (Å²) in [4.78, 5) is 12.6. The van der Waals surface area contributed by atoms with Gasteiger partial charge in [0.15, 0.2) is 0 Å². The Balaban J connectivity index is 1.52. The molecule has 0 unspecified atom stereocenters. The molecule has 3 rings (SSSR count). The minimum Gasteiger partial charge on any atom is -0.461 e. The first-order chi connectivity index (χ1) is 11.6. The number of rotatable bonds is 5. The molecule has 2 aromatic carbocycles. The average molecular weight is 342 g/mol. The van der Waals surface area contributed by atoms with Crippen LogP contribution in [-0.4, -0.2) is 23.0 Å². The highest BCUT2D eigenvalue weighted by Crippen LogP contribution is 2.18. The molecule has 1 atom stereocenters. The lowest BCUT2D eigenvalue weighted by Crippen LogP contribution is -2.30. The van der Waals surface area contributed by atoms with Crippen LogP contribution in [-0.2, 0) is 17.2 Å². The Bertz CT molecular complexity index is 856. The molecule has 0 bridgehead atoms. The Morgan fingerprint density at radius 3 is 2.75 bits per heavy atom. The Morgan fingerprint density at radius 1 is 1.12 bits per heavy atom. The van der Waals surface area contributed by atoms with Crippen molar-refractivity contribution in [3.05, 3.63) is 60.4 Å². The zero-order chi connectivity index (χ0) is 16.9. The van der Waals surface area contributed by atoms with E-state index in [9.17, 15) is 9.00 Å². The van der Waals surface area contributed by atoms with E-state index < -0.39 is 10.8 Å². The molecule has 2 N–H and O–H groups in total. The van der Waals surface area contributed by atoms with Gasteiger partial charge in [-0.15, -0.1) is 0 Å². The minimum absolute atomic E-state index is 0.301. The molecule has 0 fully saturated rings. The first kappa shape index (κ1) is 16.3. The SMILES string of the molecule is C[S@](=O)c1cccc(NC(=O)NCCc2cc3ccccc3o2)c1. The Kier molecular flexibility index (Phi) is 4.96. The molecular formula is C18H18N2O3S. The summed E-state index contributed by atoms with van der Waals surface area (Å²) >= 11 is 0. The summed E-state index contributed by atoms with van der Waals surface area (Å²) < 4.78 is 17.2. The van der Waals surface area contributed by atoms with E-state index in [1.807, 2.05) is 30.3 Å². The highest BCUT2D eigenvalue weighted by atomic mass is 32.2. The van der Waals surface area contributed by atoms with E-state index in [1.165, 1.54) is 0 Å². The van der Waals surface area contributed by atoms with Crippen LogP contribution in [0.15, 0.2) is 63.9 Å². The van der Waals surface area contributed by atoms with Gasteiger partial charge in [0.1, 0.15) is 11.3 Å². The number of benzene rings is 2. The fraction of sp³-hybridized carbons (Fsp3) is 0.167. The van der Waals surface area contributed by atoms with Crippen LogP contribution >= 0.6 is 0 Å². The summed E-state index contributed by atoms with van der Waals surface area (Å²) in [6, 6.07) is 16.5. The minimum atomic E-state index is -1.08. The Hall–Kier alpha value is -2.60. The molecule has 0 aliphatic rings. The van der Waals surface area contributed by atoms with Gasteiger partial charge in [-0.2, -0.15) is 0 Å². The smallest absolute Gasteiger partial charge is 0.319 e. The summed E-state index contributed by atoms with van der Waals surface area (Å²) in [7, 11) is -1.08. The van der Waals surface area contributed by atoms with E-state index in [1.54, 1.807) is 30.5 Å². The zero-order valence-corrected chi connectivity index (χ0v) is 14.1. The third kappa shape index (κ3) is 4.02. The van der Waals surface area contributed by atoms with Crippen LogP contribution < -0.4 is 10.6 Å². The van der Waals surface area contributed by atoms with Crippen molar-refractivity contribution in [1.82, 2.24) is 5.32 Å². The topological polar surface area (TPSA) is 71.3 Å². The molecule has 124 valence electrons. The van der Waals surface area contributed by atoms with Gasteiger partial charge in [0, 0.05) is 46.0 Å². The number of carbonyl (C=O) groups is 1. The van der Waals surface area contributed by atoms with Gasteiger partial charge in [-0.1, -0.05) is 24.3 Å². The molecule has 0 spiro atoms. The lowest BCUT2D eigenvalue weighted by molar-refractivity contribution is 0.252. The van der Waals surface area contributed by atoms with Crippen LogP contribution in [0.1, 0.15) is 5.76 Å². The van der Waals surface area contributed by atoms with E-state index in [0.717, 1.165) is 16.7 Å². The molecular weight excluding hydrogens is 324 g/mol. The van der Waals surface area contributed by atoms with Gasteiger partial charge in [0.2, 0.25) is 0 Å². The van der Waals surface area contributed by atoms with Gasteiger partial charge in [0.25, 0.3) is 0 Å². The predicted molar refractivity (Wildman–Crippen MR) is 95.7 cm³/mol. The van der Waals surface area contributed by atoms with Crippen LogP contribution in [0.25, 0.3) is 11.0 Å². The number of nitrogens with one attached hydrogen (secondary N) is 2. The van der Waals surface area contributed by atoms with Crippen LogP contribution in [0.4, 0.5) is 10.5 Å². The Labute approximate surface area is 142 Å². The molecule has 0 saturated carbocycles. The number of furan rings is 1. The maximum absolute atomic E-state index is 11.9. The lowest BCUT2D eigenvalue weighted by Gasteiger charge is -2.07. The van der Waals surface area contributed by atoms with Crippen molar-refractivity contribution in [2.45, 2.75) is 11.3 Å². The second-order valence-corrected chi connectivity index (χ2v) is 6.74. The standard InChI is InChI=1S/C18H18N2O3S/c1-24(22)16-7-4-6-14(12-16)20-18(21)19-10-9-15-11-13-5-2-3-8-17(13)23-15/h2-8,11-12H,9-10H2,1H3,(H2,19,20,21)/t24-/m0/s1. The molecule has 1 heterocycles. The van der Waals surface area contributed by atoms with Crippen molar-refractivity contribution in [3.8, 4) is 0 Å². The molecule has 0 aliphatic carbocycles. The quantitative estimate of drug-likeness (QED) is 0.745. The van der Waals surface area contributed by atoms with Gasteiger partial charge >= 0.3 is 6.03 Å². The number of hydrogen-bond acceptors (Lipinski definition) is 3. The van der Waals surface area contributed by atoms with Gasteiger partial charge < -0.3 is 15.1 Å². The molecule has 24 heavy (non-hydrogen) atoms. The number of hydrogen-bond donors (Lipinski definition) is 2. The van der Waals surface area contributed by atoms with Crippen molar-refractivity contribution in [2.75, 3.05) is 18.1 Å². The summed E-state index contributed by atoms with van der Waals surface area (Å²) in [5, 5.41) is 6.58. The van der Waals surface area contributed by atoms with Crippen LogP contribution in [0, 0.1) is 0 Å². The van der Waals surface area contributed by atoms with E-state index in [-0.39, 0.29) is 6.03 Å². The summed E-state index contributed by atoms with van der Waals surface area (Å²) in [5.41, 5.74) is 1.46. The fourth-order valence-corrected chi connectivity index (χ4v) is 2.95. The van der Waals surface area contributed by atoms with Crippen molar-refractivity contribution in [2.24, 2.45) is 0 Å². The molecule has 0 aliphatic heterocycles. The van der Waals surface area contributed by atoms with Crippen molar-refractivity contribution < 1.29 is 13.4 Å². The largest absolute Gasteiger partial charge is 0.461 e. The Morgan fingerprint density at radius 2 is 1.96 bits per heavy atom. The zero-order valence-electron chi connectivity index (χ0n) is 13.2. The number of carbonyl (C=O) groups excluding carboxylic acids is 1. The molecule has 0 radical (unpaired) electrons. The first-order valence-corrected chi connectivity index (χ1v) is 9.13. The molecule has 3 aromatic rings. The van der Waals surface area contributed by atoms with E-state index in [4.69, 9.17) is 4.42 Å².